The van der Waals surface area contributed by atoms with E-state index in [-0.39, 0.29) is 18.4 Å². The quantitative estimate of drug-likeness (QED) is 0.804. The Balaban J connectivity index is 0.00000196. The van der Waals surface area contributed by atoms with E-state index in [1.54, 1.807) is 0 Å². The van der Waals surface area contributed by atoms with Crippen molar-refractivity contribution in [2.24, 2.45) is 11.8 Å². The Labute approximate surface area is 161 Å². The van der Waals surface area contributed by atoms with Gasteiger partial charge >= 0.3 is 5.97 Å². The lowest BCUT2D eigenvalue weighted by Gasteiger charge is -2.26. The van der Waals surface area contributed by atoms with Gasteiger partial charge in [-0.2, -0.15) is 0 Å². The topological polar surface area (TPSA) is 54.3 Å². The first kappa shape index (κ1) is 19.2. The number of carbonyl (C=O) groups is 1. The maximum absolute atomic E-state index is 11.8. The zero-order valence-electron chi connectivity index (χ0n) is 15.6. The molecule has 1 aromatic heterocycles. The summed E-state index contributed by atoms with van der Waals surface area (Å²) in [4.78, 5) is 11.8. The van der Waals surface area contributed by atoms with Crippen LogP contribution in [0.3, 0.4) is 0 Å². The molecule has 0 spiro atoms. The maximum atomic E-state index is 11.8. The third kappa shape index (κ3) is 3.49. The molecule has 1 saturated carbocycles. The van der Waals surface area contributed by atoms with Gasteiger partial charge in [-0.3, -0.25) is 10.1 Å². The fraction of sp³-hybridized carbons (Fsp3) is 0.571. The second-order valence-electron chi connectivity index (χ2n) is 8.29. The van der Waals surface area contributed by atoms with Crippen molar-refractivity contribution in [3.8, 4) is 0 Å². The van der Waals surface area contributed by atoms with E-state index in [0.717, 1.165) is 18.9 Å². The van der Waals surface area contributed by atoms with Gasteiger partial charge in [0.15, 0.2) is 0 Å². The molecule has 2 aromatic rings. The molecular weight excluding hydrogens is 348 g/mol. The second-order valence-corrected chi connectivity index (χ2v) is 8.29. The molecule has 0 radical (unpaired) electrons. The first-order valence-corrected chi connectivity index (χ1v) is 9.62. The van der Waals surface area contributed by atoms with E-state index in [9.17, 15) is 9.90 Å². The minimum atomic E-state index is -0.749. The number of carboxylic acid groups (broad SMARTS) is 1. The number of rotatable bonds is 5. The highest BCUT2D eigenvalue weighted by atomic mass is 35.5. The van der Waals surface area contributed by atoms with Crippen molar-refractivity contribution < 1.29 is 9.90 Å². The minimum Gasteiger partial charge on any atom is -0.480 e. The molecule has 4 rings (SSSR count). The van der Waals surface area contributed by atoms with Gasteiger partial charge < -0.3 is 9.67 Å². The Kier molecular flexibility index (Phi) is 5.64. The van der Waals surface area contributed by atoms with E-state index in [1.165, 1.54) is 41.3 Å². The molecular formula is C21H29ClN2O2. The molecule has 1 aliphatic heterocycles. The number of aliphatic carboxylic acids is 1. The van der Waals surface area contributed by atoms with Crippen molar-refractivity contribution >= 4 is 29.3 Å². The van der Waals surface area contributed by atoms with Gasteiger partial charge in [0.05, 0.1) is 0 Å². The van der Waals surface area contributed by atoms with Crippen molar-refractivity contribution in [1.29, 1.82) is 0 Å². The molecule has 5 heteroatoms. The highest BCUT2D eigenvalue weighted by Crippen LogP contribution is 2.37. The van der Waals surface area contributed by atoms with Gasteiger partial charge in [0, 0.05) is 36.1 Å². The van der Waals surface area contributed by atoms with Crippen molar-refractivity contribution in [2.45, 2.75) is 64.6 Å². The summed E-state index contributed by atoms with van der Waals surface area (Å²) in [5, 5.41) is 14.4. The molecule has 0 bridgehead atoms. The Morgan fingerprint density at radius 2 is 2.12 bits per heavy atom. The van der Waals surface area contributed by atoms with Crippen LogP contribution in [0.2, 0.25) is 0 Å². The summed E-state index contributed by atoms with van der Waals surface area (Å²) in [5.74, 6) is 0.553. The van der Waals surface area contributed by atoms with Crippen LogP contribution in [0, 0.1) is 11.8 Å². The number of halogens is 1. The van der Waals surface area contributed by atoms with Gasteiger partial charge in [0.2, 0.25) is 0 Å². The summed E-state index contributed by atoms with van der Waals surface area (Å²) in [5.41, 5.74) is 3.74. The van der Waals surface area contributed by atoms with Crippen molar-refractivity contribution in [3.05, 3.63) is 35.5 Å². The smallest absolute Gasteiger partial charge is 0.321 e. The van der Waals surface area contributed by atoms with Crippen LogP contribution < -0.4 is 5.32 Å². The van der Waals surface area contributed by atoms with Crippen LogP contribution in [0.15, 0.2) is 24.4 Å². The second kappa shape index (κ2) is 7.61. The molecule has 1 aliphatic carbocycles. The Morgan fingerprint density at radius 3 is 2.73 bits per heavy atom. The maximum Gasteiger partial charge on any atom is 0.321 e. The van der Waals surface area contributed by atoms with Crippen molar-refractivity contribution in [2.75, 3.05) is 0 Å². The summed E-state index contributed by atoms with van der Waals surface area (Å²) in [6.07, 6.45) is 7.74. The number of hydrogen-bond acceptors (Lipinski definition) is 2. The monoisotopic (exact) mass is 376 g/mol. The average Bonchev–Trinajstić information content (AvgIpc) is 2.78. The summed E-state index contributed by atoms with van der Waals surface area (Å²) in [6, 6.07) is 6.11. The summed E-state index contributed by atoms with van der Waals surface area (Å²) in [7, 11) is 0. The lowest BCUT2D eigenvalue weighted by Crippen LogP contribution is -2.40. The van der Waals surface area contributed by atoms with Gasteiger partial charge in [0.25, 0.3) is 0 Å². The average molecular weight is 377 g/mol. The van der Waals surface area contributed by atoms with Gasteiger partial charge in [-0.05, 0) is 48.3 Å². The number of nitrogens with zero attached hydrogens (tertiary/aromatic N) is 1. The van der Waals surface area contributed by atoms with Crippen LogP contribution in [0.1, 0.15) is 56.7 Å². The third-order valence-corrected chi connectivity index (χ3v) is 5.90. The molecule has 2 heterocycles. The van der Waals surface area contributed by atoms with Gasteiger partial charge in [0.1, 0.15) is 6.04 Å². The molecule has 2 atom stereocenters. The molecule has 0 unspecified atom stereocenters. The van der Waals surface area contributed by atoms with E-state index in [1.807, 2.05) is 0 Å². The fourth-order valence-electron chi connectivity index (χ4n) is 4.46. The van der Waals surface area contributed by atoms with E-state index in [2.05, 4.69) is 48.1 Å². The molecule has 2 aliphatic rings. The minimum absolute atomic E-state index is 0. The first-order valence-electron chi connectivity index (χ1n) is 9.62. The number of aromatic nitrogens is 1. The predicted molar refractivity (Wildman–Crippen MR) is 107 cm³/mol. The van der Waals surface area contributed by atoms with Crippen LogP contribution in [0.5, 0.6) is 0 Å². The number of nitrogens with one attached hydrogen (secondary N) is 1. The standard InChI is InChI=1S/C21H28N2O2.ClH/c1-13(2)9-17-16-7-4-8-19-20(16)15(10-18(22-17)21(24)25)12-23(19)11-14-5-3-6-14;/h4,7-8,12-14,17-18,22H,3,5-6,9-11H2,1-2H3,(H,24,25);1H/t17-,18-;/m0./s1. The number of carboxylic acids is 1. The van der Waals surface area contributed by atoms with E-state index in [4.69, 9.17) is 0 Å². The Hall–Kier alpha value is -1.52. The van der Waals surface area contributed by atoms with Crippen molar-refractivity contribution in [3.63, 3.8) is 0 Å². The van der Waals surface area contributed by atoms with Crippen LogP contribution in [0.25, 0.3) is 10.9 Å². The molecule has 26 heavy (non-hydrogen) atoms. The Morgan fingerprint density at radius 1 is 1.35 bits per heavy atom. The molecule has 4 nitrogen and oxygen atoms in total. The molecule has 142 valence electrons. The van der Waals surface area contributed by atoms with Crippen LogP contribution in [-0.4, -0.2) is 21.7 Å². The first-order chi connectivity index (χ1) is 12.0. The molecule has 1 aromatic carbocycles. The summed E-state index contributed by atoms with van der Waals surface area (Å²) in [6.45, 7) is 5.47. The van der Waals surface area contributed by atoms with Crippen molar-refractivity contribution in [1.82, 2.24) is 9.88 Å². The van der Waals surface area contributed by atoms with E-state index < -0.39 is 12.0 Å². The van der Waals surface area contributed by atoms with Crippen LogP contribution in [0.4, 0.5) is 0 Å². The molecule has 1 fully saturated rings. The van der Waals surface area contributed by atoms with Crippen LogP contribution in [-0.2, 0) is 17.8 Å². The van der Waals surface area contributed by atoms with Gasteiger partial charge in [-0.1, -0.05) is 32.4 Å². The Bertz CT molecular complexity index is 795. The van der Waals surface area contributed by atoms with E-state index in [0.29, 0.717) is 12.3 Å². The lowest BCUT2D eigenvalue weighted by molar-refractivity contribution is -0.139. The zero-order valence-corrected chi connectivity index (χ0v) is 16.4. The molecule has 0 saturated heterocycles. The largest absolute Gasteiger partial charge is 0.480 e. The summed E-state index contributed by atoms with van der Waals surface area (Å²) < 4.78 is 2.38. The number of hydrogen-bond donors (Lipinski definition) is 2. The molecule has 0 amide bonds. The fourth-order valence-corrected chi connectivity index (χ4v) is 4.46. The zero-order chi connectivity index (χ0) is 17.6. The van der Waals surface area contributed by atoms with E-state index >= 15 is 0 Å². The lowest BCUT2D eigenvalue weighted by atomic mass is 9.85. The predicted octanol–water partition coefficient (Wildman–Crippen LogP) is 4.55. The third-order valence-electron chi connectivity index (χ3n) is 5.90. The highest BCUT2D eigenvalue weighted by Gasteiger charge is 2.31. The summed E-state index contributed by atoms with van der Waals surface area (Å²) >= 11 is 0. The normalized spacial score (nSPS) is 22.7. The molecule has 2 N–H and O–H groups in total. The van der Waals surface area contributed by atoms with Crippen LogP contribution >= 0.6 is 12.4 Å². The van der Waals surface area contributed by atoms with Gasteiger partial charge in [-0.15, -0.1) is 12.4 Å². The SMILES string of the molecule is CC(C)C[C@@H]1N[C@H](C(=O)O)Cc2cn(CC3CCC3)c3cccc1c23.Cl. The highest BCUT2D eigenvalue weighted by molar-refractivity contribution is 5.89. The number of benzene rings is 1. The van der Waals surface area contributed by atoms with Gasteiger partial charge in [-0.25, -0.2) is 0 Å².